The first kappa shape index (κ1) is 18.8. The molecule has 0 unspecified atom stereocenters. The highest BCUT2D eigenvalue weighted by atomic mass is 32.1. The van der Waals surface area contributed by atoms with Crippen LogP contribution < -0.4 is 5.32 Å². The molecule has 2 aromatic carbocycles. The summed E-state index contributed by atoms with van der Waals surface area (Å²) in [4.78, 5) is 22.7. The van der Waals surface area contributed by atoms with Gasteiger partial charge in [0.25, 0.3) is 0 Å². The van der Waals surface area contributed by atoms with Crippen LogP contribution in [-0.4, -0.2) is 21.0 Å². The quantitative estimate of drug-likeness (QED) is 0.490. The molecule has 2 N–H and O–H groups in total. The Bertz CT molecular complexity index is 1120. The van der Waals surface area contributed by atoms with Gasteiger partial charge in [-0.05, 0) is 48.2 Å². The third-order valence-corrected chi connectivity index (χ3v) is 5.31. The van der Waals surface area contributed by atoms with Crippen LogP contribution in [0.4, 0.5) is 5.82 Å². The topological polar surface area (TPSA) is 75.1 Å². The molecular weight excluding hydrogens is 382 g/mol. The molecule has 29 heavy (non-hydrogen) atoms. The van der Waals surface area contributed by atoms with Gasteiger partial charge in [-0.1, -0.05) is 35.9 Å². The summed E-state index contributed by atoms with van der Waals surface area (Å²) in [6.07, 6.45) is 1.90. The summed E-state index contributed by atoms with van der Waals surface area (Å²) in [5.41, 5.74) is 4.24. The van der Waals surface area contributed by atoms with E-state index in [9.17, 15) is 9.90 Å². The summed E-state index contributed by atoms with van der Waals surface area (Å²) in [7, 11) is 0. The van der Waals surface area contributed by atoms with Gasteiger partial charge in [-0.25, -0.2) is 9.97 Å². The number of aromatic hydroxyl groups is 1. The maximum absolute atomic E-state index is 12.6. The fourth-order valence-corrected chi connectivity index (χ4v) is 3.62. The van der Waals surface area contributed by atoms with Gasteiger partial charge in [0, 0.05) is 5.56 Å². The third kappa shape index (κ3) is 4.50. The SMILES string of the molecule is Cc1ccc(CC(=O)Nc2ncc(-c3ccc(O)cc3)nc2-c2cccs2)cc1. The molecule has 0 atom stereocenters. The maximum atomic E-state index is 12.6. The highest BCUT2D eigenvalue weighted by Gasteiger charge is 2.15. The highest BCUT2D eigenvalue weighted by molar-refractivity contribution is 7.13. The molecule has 4 rings (SSSR count). The van der Waals surface area contributed by atoms with Crippen molar-refractivity contribution in [2.75, 3.05) is 5.32 Å². The number of phenolic OH excluding ortho intramolecular Hbond substituents is 1. The van der Waals surface area contributed by atoms with E-state index in [-0.39, 0.29) is 18.1 Å². The molecular formula is C23H19N3O2S. The number of carbonyl (C=O) groups excluding carboxylic acids is 1. The lowest BCUT2D eigenvalue weighted by molar-refractivity contribution is -0.115. The van der Waals surface area contributed by atoms with Crippen LogP contribution in [0.2, 0.25) is 0 Å². The van der Waals surface area contributed by atoms with E-state index in [1.807, 2.05) is 48.7 Å². The molecule has 0 spiro atoms. The second kappa shape index (κ2) is 8.24. The number of thiophene rings is 1. The van der Waals surface area contributed by atoms with Crippen molar-refractivity contribution in [2.45, 2.75) is 13.3 Å². The molecule has 0 bridgehead atoms. The van der Waals surface area contributed by atoms with Gasteiger partial charge in [0.1, 0.15) is 11.4 Å². The van der Waals surface area contributed by atoms with Crippen molar-refractivity contribution in [3.05, 3.63) is 83.4 Å². The van der Waals surface area contributed by atoms with Crippen molar-refractivity contribution in [1.82, 2.24) is 9.97 Å². The zero-order valence-corrected chi connectivity index (χ0v) is 16.6. The summed E-state index contributed by atoms with van der Waals surface area (Å²) in [5, 5.41) is 14.4. The molecule has 0 aliphatic heterocycles. The Morgan fingerprint density at radius 3 is 2.52 bits per heavy atom. The second-order valence-corrected chi connectivity index (χ2v) is 7.63. The average Bonchev–Trinajstić information content (AvgIpc) is 3.25. The number of amides is 1. The Morgan fingerprint density at radius 1 is 1.07 bits per heavy atom. The average molecular weight is 401 g/mol. The molecule has 1 amide bonds. The van der Waals surface area contributed by atoms with Crippen molar-refractivity contribution >= 4 is 23.1 Å². The van der Waals surface area contributed by atoms with E-state index < -0.39 is 0 Å². The van der Waals surface area contributed by atoms with E-state index in [1.54, 1.807) is 30.5 Å². The monoisotopic (exact) mass is 401 g/mol. The summed E-state index contributed by atoms with van der Waals surface area (Å²) < 4.78 is 0. The molecule has 144 valence electrons. The van der Waals surface area contributed by atoms with Crippen molar-refractivity contribution < 1.29 is 9.90 Å². The van der Waals surface area contributed by atoms with Gasteiger partial charge in [-0.2, -0.15) is 0 Å². The van der Waals surface area contributed by atoms with Gasteiger partial charge in [0.15, 0.2) is 5.82 Å². The number of nitrogens with zero attached hydrogens (tertiary/aromatic N) is 2. The number of hydrogen-bond acceptors (Lipinski definition) is 5. The zero-order chi connectivity index (χ0) is 20.2. The van der Waals surface area contributed by atoms with Gasteiger partial charge in [-0.3, -0.25) is 4.79 Å². The molecule has 0 aliphatic rings. The van der Waals surface area contributed by atoms with Crippen molar-refractivity contribution in [3.8, 4) is 27.6 Å². The number of carbonyl (C=O) groups is 1. The first-order valence-electron chi connectivity index (χ1n) is 9.14. The lowest BCUT2D eigenvalue weighted by Crippen LogP contribution is -2.16. The lowest BCUT2D eigenvalue weighted by Gasteiger charge is -2.11. The number of hydrogen-bond donors (Lipinski definition) is 2. The third-order valence-electron chi connectivity index (χ3n) is 4.43. The largest absolute Gasteiger partial charge is 0.508 e. The van der Waals surface area contributed by atoms with Gasteiger partial charge >= 0.3 is 0 Å². The van der Waals surface area contributed by atoms with Crippen molar-refractivity contribution in [1.29, 1.82) is 0 Å². The van der Waals surface area contributed by atoms with Crippen LogP contribution in [0.25, 0.3) is 21.8 Å². The van der Waals surface area contributed by atoms with Crippen molar-refractivity contribution in [2.24, 2.45) is 0 Å². The molecule has 6 heteroatoms. The van der Waals surface area contributed by atoms with E-state index in [4.69, 9.17) is 4.98 Å². The number of nitrogens with one attached hydrogen (secondary N) is 1. The Labute approximate surface area is 172 Å². The van der Waals surface area contributed by atoms with E-state index >= 15 is 0 Å². The Kier molecular flexibility index (Phi) is 5.35. The molecule has 4 aromatic rings. The molecule has 0 saturated carbocycles. The fraction of sp³-hybridized carbons (Fsp3) is 0.0870. The summed E-state index contributed by atoms with van der Waals surface area (Å²) in [6.45, 7) is 2.02. The molecule has 2 heterocycles. The van der Waals surface area contributed by atoms with Crippen LogP contribution in [0.3, 0.4) is 0 Å². The van der Waals surface area contributed by atoms with Crippen LogP contribution in [0.1, 0.15) is 11.1 Å². The van der Waals surface area contributed by atoms with Crippen LogP contribution in [-0.2, 0) is 11.2 Å². The second-order valence-electron chi connectivity index (χ2n) is 6.69. The van der Waals surface area contributed by atoms with Crippen LogP contribution >= 0.6 is 11.3 Å². The normalized spacial score (nSPS) is 10.7. The van der Waals surface area contributed by atoms with E-state index in [1.165, 1.54) is 11.3 Å². The lowest BCUT2D eigenvalue weighted by atomic mass is 10.1. The fourth-order valence-electron chi connectivity index (χ4n) is 2.90. The van der Waals surface area contributed by atoms with Gasteiger partial charge in [0.05, 0.1) is 23.2 Å². The maximum Gasteiger partial charge on any atom is 0.230 e. The molecule has 2 aromatic heterocycles. The Balaban J connectivity index is 1.62. The van der Waals surface area contributed by atoms with Gasteiger partial charge < -0.3 is 10.4 Å². The number of benzene rings is 2. The van der Waals surface area contributed by atoms with Gasteiger partial charge in [-0.15, -0.1) is 11.3 Å². The minimum atomic E-state index is -0.140. The first-order valence-corrected chi connectivity index (χ1v) is 10.0. The summed E-state index contributed by atoms with van der Waals surface area (Å²) in [6, 6.07) is 18.6. The molecule has 5 nitrogen and oxygen atoms in total. The van der Waals surface area contributed by atoms with Crippen LogP contribution in [0, 0.1) is 6.92 Å². The summed E-state index contributed by atoms with van der Waals surface area (Å²) >= 11 is 1.54. The molecule has 0 aliphatic carbocycles. The molecule has 0 saturated heterocycles. The highest BCUT2D eigenvalue weighted by Crippen LogP contribution is 2.31. The number of rotatable bonds is 5. The number of aryl methyl sites for hydroxylation is 1. The molecule has 0 fully saturated rings. The van der Waals surface area contributed by atoms with Crippen LogP contribution in [0.15, 0.2) is 72.2 Å². The zero-order valence-electron chi connectivity index (χ0n) is 15.8. The smallest absolute Gasteiger partial charge is 0.230 e. The van der Waals surface area contributed by atoms with E-state index in [0.717, 1.165) is 21.6 Å². The Morgan fingerprint density at radius 2 is 1.83 bits per heavy atom. The minimum absolute atomic E-state index is 0.140. The molecule has 0 radical (unpaired) electrons. The summed E-state index contributed by atoms with van der Waals surface area (Å²) in [5.74, 6) is 0.491. The minimum Gasteiger partial charge on any atom is -0.508 e. The van der Waals surface area contributed by atoms with E-state index in [0.29, 0.717) is 17.2 Å². The van der Waals surface area contributed by atoms with E-state index in [2.05, 4.69) is 10.3 Å². The van der Waals surface area contributed by atoms with Crippen molar-refractivity contribution in [3.63, 3.8) is 0 Å². The Hall–Kier alpha value is -3.51. The number of aromatic nitrogens is 2. The predicted molar refractivity (Wildman–Crippen MR) is 116 cm³/mol. The number of phenols is 1. The number of anilines is 1. The predicted octanol–water partition coefficient (Wildman–Crippen LogP) is 5.07. The standard InChI is InChI=1S/C23H19N3O2S/c1-15-4-6-16(7-5-15)13-21(28)26-23-22(20-3-2-12-29-20)25-19(14-24-23)17-8-10-18(27)11-9-17/h2-12,14,27H,13H2,1H3,(H,24,26,28). The first-order chi connectivity index (χ1) is 14.1. The van der Waals surface area contributed by atoms with Crippen LogP contribution in [0.5, 0.6) is 5.75 Å². The van der Waals surface area contributed by atoms with Gasteiger partial charge in [0.2, 0.25) is 5.91 Å².